The van der Waals surface area contributed by atoms with Crippen molar-refractivity contribution >= 4 is 39.8 Å². The summed E-state index contributed by atoms with van der Waals surface area (Å²) in [7, 11) is 1.80. The first-order valence-corrected chi connectivity index (χ1v) is 9.98. The highest BCUT2D eigenvalue weighted by Gasteiger charge is 2.28. The molecule has 3 N–H and O–H groups in total. The molecule has 0 spiro atoms. The van der Waals surface area contributed by atoms with Gasteiger partial charge in [-0.1, -0.05) is 6.07 Å². The van der Waals surface area contributed by atoms with Crippen LogP contribution < -0.4 is 11.1 Å². The van der Waals surface area contributed by atoms with Gasteiger partial charge in [0.1, 0.15) is 18.0 Å². The van der Waals surface area contributed by atoms with Crippen molar-refractivity contribution in [3.63, 3.8) is 0 Å². The Labute approximate surface area is 171 Å². The average Bonchev–Trinajstić information content (AvgIpc) is 3.32. The number of aromatic nitrogens is 3. The minimum atomic E-state index is 0.0124. The molecule has 0 fully saturated rings. The summed E-state index contributed by atoms with van der Waals surface area (Å²) >= 11 is 1.69. The van der Waals surface area contributed by atoms with Crippen LogP contribution in [0.2, 0.25) is 0 Å². The molecule has 3 aromatic heterocycles. The van der Waals surface area contributed by atoms with Gasteiger partial charge in [0.15, 0.2) is 0 Å². The minimum Gasteiger partial charge on any atom is -0.383 e. The normalized spacial score (nSPS) is 13.1. The summed E-state index contributed by atoms with van der Waals surface area (Å²) in [5, 5.41) is 4.18. The van der Waals surface area contributed by atoms with Crippen LogP contribution in [0.5, 0.6) is 0 Å². The SMILES string of the molecule is CN1Cc2ccnc(NCc3ccc(-c4ccc5ncnc(N)c5c4)s3)c2C1=O. The standard InChI is InChI=1S/C21H18N6OS/c1-27-10-13-6-7-23-20(18(13)21(27)28)24-9-14-3-5-17(29-14)12-2-4-16-15(8-12)19(22)26-11-25-16/h2-8,11H,9-10H2,1H3,(H,23,24)(H2,22,25,26). The monoisotopic (exact) mass is 402 g/mol. The Morgan fingerprint density at radius 2 is 2.07 bits per heavy atom. The summed E-state index contributed by atoms with van der Waals surface area (Å²) in [4.78, 5) is 29.1. The lowest BCUT2D eigenvalue weighted by Crippen LogP contribution is -2.18. The number of nitrogens with one attached hydrogen (secondary N) is 1. The van der Waals surface area contributed by atoms with Gasteiger partial charge in [-0.15, -0.1) is 11.3 Å². The second kappa shape index (κ2) is 6.82. The van der Waals surface area contributed by atoms with Crippen LogP contribution in [0.3, 0.4) is 0 Å². The molecule has 4 aromatic rings. The zero-order valence-corrected chi connectivity index (χ0v) is 16.5. The Morgan fingerprint density at radius 1 is 1.17 bits per heavy atom. The van der Waals surface area contributed by atoms with Gasteiger partial charge in [0.05, 0.1) is 17.6 Å². The maximum Gasteiger partial charge on any atom is 0.257 e. The molecule has 0 atom stereocenters. The fourth-order valence-electron chi connectivity index (χ4n) is 3.55. The Balaban J connectivity index is 1.38. The number of amides is 1. The number of carbonyl (C=O) groups excluding carboxylic acids is 1. The van der Waals surface area contributed by atoms with Crippen molar-refractivity contribution in [3.05, 3.63) is 64.9 Å². The predicted octanol–water partition coefficient (Wildman–Crippen LogP) is 3.53. The highest BCUT2D eigenvalue weighted by atomic mass is 32.1. The highest BCUT2D eigenvalue weighted by Crippen LogP contribution is 2.32. The molecule has 0 unspecified atom stereocenters. The Morgan fingerprint density at radius 3 is 2.97 bits per heavy atom. The predicted molar refractivity (Wildman–Crippen MR) is 115 cm³/mol. The third-order valence-corrected chi connectivity index (χ3v) is 6.18. The van der Waals surface area contributed by atoms with E-state index >= 15 is 0 Å². The zero-order valence-electron chi connectivity index (χ0n) is 15.7. The largest absolute Gasteiger partial charge is 0.383 e. The van der Waals surface area contributed by atoms with E-state index in [1.54, 1.807) is 29.5 Å². The van der Waals surface area contributed by atoms with Crippen LogP contribution in [0.25, 0.3) is 21.3 Å². The molecule has 7 nitrogen and oxygen atoms in total. The van der Waals surface area contributed by atoms with Crippen LogP contribution in [0.1, 0.15) is 20.8 Å². The van der Waals surface area contributed by atoms with Crippen LogP contribution in [-0.2, 0) is 13.1 Å². The van der Waals surface area contributed by atoms with Crippen molar-refractivity contribution in [2.75, 3.05) is 18.1 Å². The molecule has 1 aliphatic rings. The third kappa shape index (κ3) is 3.07. The molecule has 1 amide bonds. The van der Waals surface area contributed by atoms with E-state index in [1.807, 2.05) is 24.3 Å². The summed E-state index contributed by atoms with van der Waals surface area (Å²) < 4.78 is 0. The molecular weight excluding hydrogens is 384 g/mol. The summed E-state index contributed by atoms with van der Waals surface area (Å²) in [6.07, 6.45) is 3.22. The fraction of sp³-hybridized carbons (Fsp3) is 0.143. The number of hydrogen-bond acceptors (Lipinski definition) is 7. The van der Waals surface area contributed by atoms with Gasteiger partial charge in [-0.2, -0.15) is 0 Å². The van der Waals surface area contributed by atoms with Crippen molar-refractivity contribution in [2.24, 2.45) is 0 Å². The molecule has 0 saturated heterocycles. The van der Waals surface area contributed by atoms with Crippen LogP contribution in [-0.4, -0.2) is 32.8 Å². The first-order chi connectivity index (χ1) is 14.1. The van der Waals surface area contributed by atoms with Crippen molar-refractivity contribution in [1.82, 2.24) is 19.9 Å². The van der Waals surface area contributed by atoms with Crippen molar-refractivity contribution in [3.8, 4) is 10.4 Å². The number of rotatable bonds is 4. The van der Waals surface area contributed by atoms with Crippen LogP contribution in [0.15, 0.2) is 48.9 Å². The first kappa shape index (κ1) is 17.6. The smallest absolute Gasteiger partial charge is 0.257 e. The summed E-state index contributed by atoms with van der Waals surface area (Å²) in [6.45, 7) is 1.23. The highest BCUT2D eigenvalue weighted by molar-refractivity contribution is 7.15. The van der Waals surface area contributed by atoms with Crippen LogP contribution in [0, 0.1) is 0 Å². The summed E-state index contributed by atoms with van der Waals surface area (Å²) in [5.41, 5.74) is 9.59. The fourth-order valence-corrected chi connectivity index (χ4v) is 4.50. The second-order valence-corrected chi connectivity index (χ2v) is 8.13. The number of benzene rings is 1. The number of nitrogen functional groups attached to an aromatic ring is 1. The molecule has 8 heteroatoms. The maximum absolute atomic E-state index is 12.4. The summed E-state index contributed by atoms with van der Waals surface area (Å²) in [5.74, 6) is 1.13. The van der Waals surface area contributed by atoms with Gasteiger partial charge in [0.2, 0.25) is 0 Å². The Bertz CT molecular complexity index is 1250. The first-order valence-electron chi connectivity index (χ1n) is 9.16. The van der Waals surface area contributed by atoms with Gasteiger partial charge in [0.25, 0.3) is 5.91 Å². The minimum absolute atomic E-state index is 0.0124. The average molecular weight is 402 g/mol. The number of pyridine rings is 1. The number of thiophene rings is 1. The number of hydrogen-bond donors (Lipinski definition) is 2. The number of carbonyl (C=O) groups is 1. The Hall–Kier alpha value is -3.52. The van der Waals surface area contributed by atoms with E-state index in [-0.39, 0.29) is 5.91 Å². The molecule has 0 bridgehead atoms. The molecule has 1 aromatic carbocycles. The molecule has 1 aliphatic heterocycles. The number of nitrogens with zero attached hydrogens (tertiary/aromatic N) is 4. The van der Waals surface area contributed by atoms with Crippen molar-refractivity contribution in [1.29, 1.82) is 0 Å². The lowest BCUT2D eigenvalue weighted by atomic mass is 10.1. The van der Waals surface area contributed by atoms with Crippen molar-refractivity contribution in [2.45, 2.75) is 13.1 Å². The second-order valence-electron chi connectivity index (χ2n) is 6.97. The lowest BCUT2D eigenvalue weighted by molar-refractivity contribution is 0.0817. The molecule has 0 radical (unpaired) electrons. The topological polar surface area (TPSA) is 97.0 Å². The molecule has 0 saturated carbocycles. The molecule has 144 valence electrons. The Kier molecular flexibility index (Phi) is 4.13. The number of nitrogens with two attached hydrogens (primary N) is 1. The number of anilines is 2. The number of fused-ring (bicyclic) bond motifs is 2. The third-order valence-electron chi connectivity index (χ3n) is 5.05. The van der Waals surface area contributed by atoms with E-state index in [1.165, 1.54) is 6.33 Å². The van der Waals surface area contributed by atoms with Gasteiger partial charge in [0, 0.05) is 34.9 Å². The quantitative estimate of drug-likeness (QED) is 0.542. The van der Waals surface area contributed by atoms with E-state index in [0.717, 1.165) is 31.8 Å². The van der Waals surface area contributed by atoms with Gasteiger partial charge in [-0.25, -0.2) is 15.0 Å². The molecular formula is C21H18N6OS. The summed E-state index contributed by atoms with van der Waals surface area (Å²) in [6, 6.07) is 12.1. The van der Waals surface area contributed by atoms with Crippen LogP contribution in [0.4, 0.5) is 11.6 Å². The molecule has 5 rings (SSSR count). The van der Waals surface area contributed by atoms with Gasteiger partial charge < -0.3 is 16.0 Å². The molecule has 29 heavy (non-hydrogen) atoms. The zero-order chi connectivity index (χ0) is 20.0. The van der Waals surface area contributed by atoms with E-state index < -0.39 is 0 Å². The van der Waals surface area contributed by atoms with E-state index in [0.29, 0.717) is 30.3 Å². The van der Waals surface area contributed by atoms with Crippen LogP contribution >= 0.6 is 11.3 Å². The van der Waals surface area contributed by atoms with Gasteiger partial charge in [-0.05, 0) is 41.5 Å². The maximum atomic E-state index is 12.4. The van der Waals surface area contributed by atoms with E-state index in [2.05, 4.69) is 32.4 Å². The van der Waals surface area contributed by atoms with E-state index in [4.69, 9.17) is 5.73 Å². The van der Waals surface area contributed by atoms with E-state index in [9.17, 15) is 4.79 Å². The van der Waals surface area contributed by atoms with Gasteiger partial charge >= 0.3 is 0 Å². The molecule has 0 aliphatic carbocycles. The van der Waals surface area contributed by atoms with Gasteiger partial charge in [-0.3, -0.25) is 4.79 Å². The lowest BCUT2D eigenvalue weighted by Gasteiger charge is -2.08. The van der Waals surface area contributed by atoms with Crippen molar-refractivity contribution < 1.29 is 4.79 Å². The molecule has 4 heterocycles.